The molecule has 3 nitrogen and oxygen atoms in total. The Morgan fingerprint density at radius 1 is 1.08 bits per heavy atom. The largest absolute Gasteiger partial charge is 0.508 e. The van der Waals surface area contributed by atoms with Crippen LogP contribution in [0.1, 0.15) is 11.6 Å². The van der Waals surface area contributed by atoms with Gasteiger partial charge in [-0.3, -0.25) is 0 Å². The van der Waals surface area contributed by atoms with Crippen LogP contribution in [0.3, 0.4) is 0 Å². The van der Waals surface area contributed by atoms with Gasteiger partial charge in [-0.1, -0.05) is 0 Å². The zero-order valence-corrected chi connectivity index (χ0v) is 6.61. The molecule has 1 rings (SSSR count). The number of benzene rings is 1. The van der Waals surface area contributed by atoms with Gasteiger partial charge >= 0.3 is 0 Å². The lowest BCUT2D eigenvalue weighted by Gasteiger charge is -2.11. The van der Waals surface area contributed by atoms with Gasteiger partial charge in [-0.25, -0.2) is 8.78 Å². The maximum atomic E-state index is 12.1. The van der Waals surface area contributed by atoms with E-state index in [1.807, 2.05) is 0 Å². The predicted molar refractivity (Wildman–Crippen MR) is 42.7 cm³/mol. The van der Waals surface area contributed by atoms with Crippen molar-refractivity contribution in [3.8, 4) is 11.5 Å². The molecule has 5 heteroatoms. The summed E-state index contributed by atoms with van der Waals surface area (Å²) in [6, 6.07) is 1.74. The second kappa shape index (κ2) is 3.57. The van der Waals surface area contributed by atoms with Crippen molar-refractivity contribution in [2.45, 2.75) is 12.5 Å². The number of phenolic OH excluding ortho intramolecular Hbond substituents is 2. The average molecular weight is 189 g/mol. The number of nitrogens with two attached hydrogens (primary N) is 1. The molecule has 0 spiro atoms. The molecule has 72 valence electrons. The van der Waals surface area contributed by atoms with Gasteiger partial charge in [-0.2, -0.15) is 0 Å². The summed E-state index contributed by atoms with van der Waals surface area (Å²) in [5.74, 6) is -0.572. The van der Waals surface area contributed by atoms with E-state index in [0.29, 0.717) is 0 Å². The lowest BCUT2D eigenvalue weighted by molar-refractivity contribution is 0.116. The van der Waals surface area contributed by atoms with E-state index < -0.39 is 12.5 Å². The fourth-order valence-electron chi connectivity index (χ4n) is 0.956. The van der Waals surface area contributed by atoms with Crippen LogP contribution in [0, 0.1) is 0 Å². The molecule has 0 bridgehead atoms. The van der Waals surface area contributed by atoms with Gasteiger partial charge in [0.2, 0.25) is 0 Å². The normalized spacial score (nSPS) is 13.2. The Morgan fingerprint density at radius 2 is 1.54 bits per heavy atom. The number of hydrogen-bond acceptors (Lipinski definition) is 3. The molecular formula is C8H9F2NO2. The molecule has 0 unspecified atom stereocenters. The van der Waals surface area contributed by atoms with Crippen LogP contribution < -0.4 is 5.73 Å². The Bertz CT molecular complexity index is 284. The van der Waals surface area contributed by atoms with Crippen molar-refractivity contribution < 1.29 is 19.0 Å². The topological polar surface area (TPSA) is 66.5 Å². The summed E-state index contributed by atoms with van der Waals surface area (Å²) in [5.41, 5.74) is 5.11. The number of alkyl halides is 2. The molecule has 1 aromatic rings. The van der Waals surface area contributed by atoms with Crippen LogP contribution in [-0.4, -0.2) is 16.6 Å². The monoisotopic (exact) mass is 189 g/mol. The second-order valence-electron chi connectivity index (χ2n) is 2.64. The summed E-state index contributed by atoms with van der Waals surface area (Å²) in [7, 11) is 0. The van der Waals surface area contributed by atoms with Gasteiger partial charge in [0.05, 0.1) is 6.04 Å². The number of phenols is 2. The molecule has 13 heavy (non-hydrogen) atoms. The highest BCUT2D eigenvalue weighted by Gasteiger charge is 2.18. The Kier molecular flexibility index (Phi) is 2.67. The van der Waals surface area contributed by atoms with E-state index in [4.69, 9.17) is 15.9 Å². The molecule has 0 aliphatic rings. The fourth-order valence-corrected chi connectivity index (χ4v) is 0.956. The molecule has 0 saturated carbocycles. The van der Waals surface area contributed by atoms with E-state index in [2.05, 4.69) is 0 Å². The van der Waals surface area contributed by atoms with Crippen molar-refractivity contribution in [3.63, 3.8) is 0 Å². The third-order valence-corrected chi connectivity index (χ3v) is 1.58. The molecule has 0 radical (unpaired) electrons. The van der Waals surface area contributed by atoms with Crippen LogP contribution in [0.5, 0.6) is 11.5 Å². The van der Waals surface area contributed by atoms with Crippen LogP contribution in [-0.2, 0) is 0 Å². The summed E-state index contributed by atoms with van der Waals surface area (Å²) < 4.78 is 24.2. The summed E-state index contributed by atoms with van der Waals surface area (Å²) >= 11 is 0. The molecule has 0 amide bonds. The number of rotatable bonds is 2. The average Bonchev–Trinajstić information content (AvgIpc) is 2.01. The fraction of sp³-hybridized carbons (Fsp3) is 0.250. The maximum absolute atomic E-state index is 12.1. The van der Waals surface area contributed by atoms with Gasteiger partial charge < -0.3 is 15.9 Å². The van der Waals surface area contributed by atoms with Crippen LogP contribution in [0.4, 0.5) is 8.78 Å². The van der Waals surface area contributed by atoms with E-state index in [1.54, 1.807) is 0 Å². The molecule has 0 aliphatic carbocycles. The van der Waals surface area contributed by atoms with Crippen molar-refractivity contribution in [1.29, 1.82) is 0 Å². The van der Waals surface area contributed by atoms with Crippen LogP contribution in [0.25, 0.3) is 0 Å². The number of halogens is 2. The molecule has 0 fully saturated rings. The highest BCUT2D eigenvalue weighted by atomic mass is 19.3. The minimum absolute atomic E-state index is 0.00694. The van der Waals surface area contributed by atoms with Gasteiger partial charge in [0, 0.05) is 6.07 Å². The van der Waals surface area contributed by atoms with Crippen molar-refractivity contribution in [1.82, 2.24) is 0 Å². The number of aromatic hydroxyl groups is 2. The highest BCUT2D eigenvalue weighted by Crippen LogP contribution is 2.26. The molecule has 0 aliphatic heterocycles. The summed E-state index contributed by atoms with van der Waals surface area (Å²) in [4.78, 5) is 0. The molecule has 0 saturated heterocycles. The van der Waals surface area contributed by atoms with Gasteiger partial charge in [0.1, 0.15) is 11.5 Å². The zero-order chi connectivity index (χ0) is 10.0. The minimum atomic E-state index is -2.72. The molecular weight excluding hydrogens is 180 g/mol. The Morgan fingerprint density at radius 3 is 1.92 bits per heavy atom. The van der Waals surface area contributed by atoms with E-state index in [1.165, 1.54) is 0 Å². The Balaban J connectivity index is 3.01. The minimum Gasteiger partial charge on any atom is -0.508 e. The first-order valence-corrected chi connectivity index (χ1v) is 3.57. The van der Waals surface area contributed by atoms with E-state index in [9.17, 15) is 8.78 Å². The molecule has 0 heterocycles. The summed E-state index contributed by atoms with van der Waals surface area (Å²) in [6.45, 7) is 0. The Hall–Kier alpha value is -1.36. The highest BCUT2D eigenvalue weighted by molar-refractivity contribution is 5.38. The van der Waals surface area contributed by atoms with Crippen molar-refractivity contribution in [2.24, 2.45) is 5.73 Å². The van der Waals surface area contributed by atoms with Gasteiger partial charge in [-0.05, 0) is 17.7 Å². The third kappa shape index (κ3) is 2.29. The predicted octanol–water partition coefficient (Wildman–Crippen LogP) is 1.36. The van der Waals surface area contributed by atoms with Gasteiger partial charge in [0.15, 0.2) is 0 Å². The van der Waals surface area contributed by atoms with E-state index >= 15 is 0 Å². The lowest BCUT2D eigenvalue weighted by atomic mass is 10.1. The maximum Gasteiger partial charge on any atom is 0.257 e. The molecule has 4 N–H and O–H groups in total. The van der Waals surface area contributed by atoms with Crippen LogP contribution in [0.2, 0.25) is 0 Å². The smallest absolute Gasteiger partial charge is 0.257 e. The van der Waals surface area contributed by atoms with E-state index in [-0.39, 0.29) is 17.1 Å². The second-order valence-corrected chi connectivity index (χ2v) is 2.64. The first kappa shape index (κ1) is 9.73. The third-order valence-electron chi connectivity index (χ3n) is 1.58. The quantitative estimate of drug-likeness (QED) is 0.658. The standard InChI is InChI=1S/C8H9F2NO2/c9-8(10)7(11)4-1-5(12)3-6(13)2-4/h1-3,7-8,12-13H,11H2/t7-/m0/s1. The van der Waals surface area contributed by atoms with Gasteiger partial charge in [-0.15, -0.1) is 0 Å². The zero-order valence-electron chi connectivity index (χ0n) is 6.61. The first-order chi connectivity index (χ1) is 6.00. The summed E-state index contributed by atoms with van der Waals surface area (Å²) in [6.07, 6.45) is -2.72. The van der Waals surface area contributed by atoms with Gasteiger partial charge in [0.25, 0.3) is 6.43 Å². The Labute approximate surface area is 73.4 Å². The van der Waals surface area contributed by atoms with Crippen molar-refractivity contribution in [2.75, 3.05) is 0 Å². The molecule has 0 aromatic heterocycles. The first-order valence-electron chi connectivity index (χ1n) is 3.57. The number of hydrogen-bond donors (Lipinski definition) is 3. The molecule has 1 aromatic carbocycles. The SMILES string of the molecule is N[C@@H](c1cc(O)cc(O)c1)C(F)F. The molecule has 1 atom stereocenters. The van der Waals surface area contributed by atoms with E-state index in [0.717, 1.165) is 18.2 Å². The summed E-state index contributed by atoms with van der Waals surface area (Å²) in [5, 5.41) is 17.9. The van der Waals surface area contributed by atoms with Crippen LogP contribution >= 0.6 is 0 Å². The van der Waals surface area contributed by atoms with Crippen molar-refractivity contribution in [3.05, 3.63) is 23.8 Å². The lowest BCUT2D eigenvalue weighted by Crippen LogP contribution is -2.18. The van der Waals surface area contributed by atoms with Crippen molar-refractivity contribution >= 4 is 0 Å². The van der Waals surface area contributed by atoms with Crippen LogP contribution in [0.15, 0.2) is 18.2 Å².